The van der Waals surface area contributed by atoms with Gasteiger partial charge in [-0.3, -0.25) is 0 Å². The number of rotatable bonds is 6. The van der Waals surface area contributed by atoms with E-state index in [4.69, 9.17) is 0 Å². The first-order valence-electron chi connectivity index (χ1n) is 9.11. The average molecular weight is 394 g/mol. The summed E-state index contributed by atoms with van der Waals surface area (Å²) in [6, 6.07) is 9.25. The van der Waals surface area contributed by atoms with E-state index in [2.05, 4.69) is 10.0 Å². The lowest BCUT2D eigenvalue weighted by Gasteiger charge is -2.28. The van der Waals surface area contributed by atoms with Crippen molar-refractivity contribution in [1.82, 2.24) is 10.0 Å². The van der Waals surface area contributed by atoms with E-state index in [9.17, 15) is 17.2 Å². The van der Waals surface area contributed by atoms with Crippen molar-refractivity contribution in [2.75, 3.05) is 13.6 Å². The van der Waals surface area contributed by atoms with Crippen LogP contribution in [0.1, 0.15) is 25.7 Å². The molecule has 1 saturated carbocycles. The zero-order chi connectivity index (χ0) is 19.4. The van der Waals surface area contributed by atoms with Crippen LogP contribution in [-0.2, 0) is 10.0 Å². The second kappa shape index (κ2) is 8.46. The first-order chi connectivity index (χ1) is 12.9. The van der Waals surface area contributed by atoms with Crippen molar-refractivity contribution in [3.05, 3.63) is 54.1 Å². The largest absolute Gasteiger partial charge is 0.319 e. The van der Waals surface area contributed by atoms with Crippen molar-refractivity contribution in [1.29, 1.82) is 0 Å². The normalized spacial score (nSPS) is 20.6. The molecule has 1 fully saturated rings. The van der Waals surface area contributed by atoms with Crippen molar-refractivity contribution in [3.8, 4) is 11.1 Å². The van der Waals surface area contributed by atoms with Crippen LogP contribution in [0, 0.1) is 17.6 Å². The Morgan fingerprint density at radius 2 is 1.67 bits per heavy atom. The van der Waals surface area contributed by atoms with Gasteiger partial charge in [0.1, 0.15) is 11.6 Å². The van der Waals surface area contributed by atoms with Gasteiger partial charge < -0.3 is 5.32 Å². The molecule has 3 rings (SSSR count). The fraction of sp³-hybridized carbons (Fsp3) is 0.400. The summed E-state index contributed by atoms with van der Waals surface area (Å²) in [6.07, 6.45) is 3.64. The third-order valence-corrected chi connectivity index (χ3v) is 6.60. The van der Waals surface area contributed by atoms with Gasteiger partial charge in [0.2, 0.25) is 10.0 Å². The van der Waals surface area contributed by atoms with E-state index >= 15 is 0 Å². The van der Waals surface area contributed by atoms with E-state index in [1.165, 1.54) is 36.4 Å². The Bertz CT molecular complexity index is 877. The molecule has 27 heavy (non-hydrogen) atoms. The molecule has 2 aromatic rings. The van der Waals surface area contributed by atoms with E-state index < -0.39 is 21.7 Å². The lowest BCUT2D eigenvalue weighted by molar-refractivity contribution is 0.308. The molecule has 1 aliphatic carbocycles. The Morgan fingerprint density at radius 3 is 2.26 bits per heavy atom. The highest BCUT2D eigenvalue weighted by Crippen LogP contribution is 2.27. The van der Waals surface area contributed by atoms with Gasteiger partial charge in [-0.25, -0.2) is 21.9 Å². The van der Waals surface area contributed by atoms with Gasteiger partial charge in [0, 0.05) is 17.7 Å². The van der Waals surface area contributed by atoms with Crippen LogP contribution in [0.2, 0.25) is 0 Å². The van der Waals surface area contributed by atoms with Gasteiger partial charge in [0.25, 0.3) is 0 Å². The molecule has 0 heterocycles. The Hall–Kier alpha value is -1.83. The zero-order valence-corrected chi connectivity index (χ0v) is 16.0. The van der Waals surface area contributed by atoms with Crippen molar-refractivity contribution < 1.29 is 17.2 Å². The summed E-state index contributed by atoms with van der Waals surface area (Å²) < 4.78 is 55.0. The van der Waals surface area contributed by atoms with Crippen molar-refractivity contribution in [3.63, 3.8) is 0 Å². The van der Waals surface area contributed by atoms with E-state index in [1.807, 2.05) is 7.05 Å². The van der Waals surface area contributed by atoms with Crippen LogP contribution in [0.3, 0.4) is 0 Å². The first kappa shape index (κ1) is 19.9. The number of benzene rings is 2. The van der Waals surface area contributed by atoms with Crippen LogP contribution in [0.25, 0.3) is 11.1 Å². The van der Waals surface area contributed by atoms with E-state index in [0.717, 1.165) is 38.3 Å². The summed E-state index contributed by atoms with van der Waals surface area (Å²) in [5.41, 5.74) is 0.732. The second-order valence-corrected chi connectivity index (χ2v) is 8.76. The Kier molecular flexibility index (Phi) is 6.24. The summed E-state index contributed by atoms with van der Waals surface area (Å²) in [6.45, 7) is 0.959. The molecule has 7 heteroatoms. The lowest BCUT2D eigenvalue weighted by Crippen LogP contribution is -2.38. The van der Waals surface area contributed by atoms with Crippen LogP contribution >= 0.6 is 0 Å². The second-order valence-electron chi connectivity index (χ2n) is 7.05. The van der Waals surface area contributed by atoms with Crippen LogP contribution < -0.4 is 10.0 Å². The lowest BCUT2D eigenvalue weighted by atomic mass is 9.86. The number of hydrogen-bond donors (Lipinski definition) is 2. The highest BCUT2D eigenvalue weighted by molar-refractivity contribution is 7.89. The number of nitrogens with one attached hydrogen (secondary N) is 2. The maximum absolute atomic E-state index is 13.9. The predicted molar refractivity (Wildman–Crippen MR) is 102 cm³/mol. The minimum Gasteiger partial charge on any atom is -0.319 e. The average Bonchev–Trinajstić information content (AvgIpc) is 2.63. The van der Waals surface area contributed by atoms with Gasteiger partial charge in [0.15, 0.2) is 0 Å². The smallest absolute Gasteiger partial charge is 0.240 e. The highest BCUT2D eigenvalue weighted by atomic mass is 32.2. The highest BCUT2D eigenvalue weighted by Gasteiger charge is 2.25. The zero-order valence-electron chi connectivity index (χ0n) is 15.2. The molecule has 0 spiro atoms. The quantitative estimate of drug-likeness (QED) is 0.786. The molecular weight excluding hydrogens is 370 g/mol. The van der Waals surface area contributed by atoms with Crippen molar-refractivity contribution in [2.24, 2.45) is 5.92 Å². The van der Waals surface area contributed by atoms with Crippen LogP contribution in [-0.4, -0.2) is 28.1 Å². The monoisotopic (exact) mass is 394 g/mol. The van der Waals surface area contributed by atoms with Crippen molar-refractivity contribution >= 4 is 10.0 Å². The molecule has 0 aliphatic heterocycles. The molecule has 0 atom stereocenters. The number of hydrogen-bond acceptors (Lipinski definition) is 3. The summed E-state index contributed by atoms with van der Waals surface area (Å²) in [7, 11) is -1.70. The molecule has 0 radical (unpaired) electrons. The number of halogens is 2. The molecule has 0 amide bonds. The molecule has 0 aromatic heterocycles. The van der Waals surface area contributed by atoms with Gasteiger partial charge in [-0.1, -0.05) is 12.1 Å². The fourth-order valence-corrected chi connectivity index (χ4v) is 4.90. The maximum Gasteiger partial charge on any atom is 0.240 e. The van der Waals surface area contributed by atoms with E-state index in [-0.39, 0.29) is 16.5 Å². The van der Waals surface area contributed by atoms with Gasteiger partial charge in [-0.05, 0) is 75.0 Å². The third kappa shape index (κ3) is 4.91. The Morgan fingerprint density at radius 1 is 1.00 bits per heavy atom. The molecule has 0 saturated heterocycles. The third-order valence-electron chi connectivity index (χ3n) is 5.07. The van der Waals surface area contributed by atoms with Gasteiger partial charge >= 0.3 is 0 Å². The van der Waals surface area contributed by atoms with E-state index in [0.29, 0.717) is 11.5 Å². The standard InChI is InChI=1S/C20H24F2N2O2S/c1-23-13-14-2-7-17(8-3-14)24-27(25,26)18-9-4-15(5-10-18)19-11-6-16(21)12-20(19)22/h4-6,9-12,14,17,23-24H,2-3,7-8,13H2,1H3/t14-,17+. The summed E-state index contributed by atoms with van der Waals surface area (Å²) in [5, 5.41) is 3.17. The molecular formula is C20H24F2N2O2S. The van der Waals surface area contributed by atoms with Gasteiger partial charge in [-0.15, -0.1) is 0 Å². The molecule has 0 bridgehead atoms. The summed E-state index contributed by atoms with van der Waals surface area (Å²) in [4.78, 5) is 0.145. The summed E-state index contributed by atoms with van der Waals surface area (Å²) >= 11 is 0. The summed E-state index contributed by atoms with van der Waals surface area (Å²) in [5.74, 6) is -0.730. The topological polar surface area (TPSA) is 58.2 Å². The predicted octanol–water partition coefficient (Wildman–Crippen LogP) is 3.69. The maximum atomic E-state index is 13.9. The molecule has 4 nitrogen and oxygen atoms in total. The molecule has 2 aromatic carbocycles. The SMILES string of the molecule is CNC[C@H]1CC[C@@H](NS(=O)(=O)c2ccc(-c3ccc(F)cc3F)cc2)CC1. The molecule has 2 N–H and O–H groups in total. The fourth-order valence-electron chi connectivity index (χ4n) is 3.60. The minimum atomic E-state index is -3.62. The van der Waals surface area contributed by atoms with E-state index in [1.54, 1.807) is 0 Å². The van der Waals surface area contributed by atoms with Crippen LogP contribution in [0.5, 0.6) is 0 Å². The molecule has 0 unspecified atom stereocenters. The number of sulfonamides is 1. The van der Waals surface area contributed by atoms with Crippen molar-refractivity contribution in [2.45, 2.75) is 36.6 Å². The molecule has 1 aliphatic rings. The minimum absolute atomic E-state index is 0.0580. The van der Waals surface area contributed by atoms with Crippen LogP contribution in [0.4, 0.5) is 8.78 Å². The Balaban J connectivity index is 1.69. The van der Waals surface area contributed by atoms with Crippen LogP contribution in [0.15, 0.2) is 47.4 Å². The Labute approximate surface area is 159 Å². The van der Waals surface area contributed by atoms with Gasteiger partial charge in [-0.2, -0.15) is 0 Å². The first-order valence-corrected chi connectivity index (χ1v) is 10.6. The van der Waals surface area contributed by atoms with Gasteiger partial charge in [0.05, 0.1) is 4.90 Å². The molecule has 146 valence electrons.